The number of aromatic nitrogens is 1. The number of nitrogens with one attached hydrogen (secondary N) is 1. The van der Waals surface area contributed by atoms with Crippen LogP contribution in [0.25, 0.3) is 0 Å². The molecule has 3 rings (SSSR count). The molecule has 1 aliphatic rings. The zero-order chi connectivity index (χ0) is 14.1. The minimum absolute atomic E-state index is 0.104. The number of fused-ring (bicyclic) bond motifs is 1. The molecule has 0 saturated heterocycles. The summed E-state index contributed by atoms with van der Waals surface area (Å²) in [6, 6.07) is 9.85. The van der Waals surface area contributed by atoms with Gasteiger partial charge in [0.15, 0.2) is 0 Å². The Balaban J connectivity index is 1.96. The Kier molecular flexibility index (Phi) is 4.10. The van der Waals surface area contributed by atoms with Crippen LogP contribution < -0.4 is 5.32 Å². The monoisotopic (exact) mass is 396 g/mol. The molecule has 1 aliphatic heterocycles. The van der Waals surface area contributed by atoms with Gasteiger partial charge in [-0.3, -0.25) is 9.36 Å². The molecule has 1 N–H and O–H groups in total. The first kappa shape index (κ1) is 14.0. The fourth-order valence-corrected chi connectivity index (χ4v) is 3.77. The highest BCUT2D eigenvalue weighted by Gasteiger charge is 2.25. The topological polar surface area (TPSA) is 34.0 Å². The van der Waals surface area contributed by atoms with Gasteiger partial charge in [0.1, 0.15) is 4.60 Å². The van der Waals surface area contributed by atoms with Gasteiger partial charge in [0.25, 0.3) is 0 Å². The Hall–Kier alpha value is -0.910. The fraction of sp³-hybridized carbons (Fsp3) is 0.267. The summed E-state index contributed by atoms with van der Waals surface area (Å²) in [5.74, 6) is 0.104. The quantitative estimate of drug-likeness (QED) is 0.840. The lowest BCUT2D eigenvalue weighted by Gasteiger charge is -2.16. The molecule has 0 spiro atoms. The molecule has 0 aliphatic carbocycles. The number of rotatable bonds is 2. The summed E-state index contributed by atoms with van der Waals surface area (Å²) in [4.78, 5) is 12.6. The summed E-state index contributed by atoms with van der Waals surface area (Å²) < 4.78 is 3.63. The summed E-state index contributed by atoms with van der Waals surface area (Å²) in [5.41, 5.74) is 3.34. The predicted molar refractivity (Wildman–Crippen MR) is 86.0 cm³/mol. The van der Waals surface area contributed by atoms with Crippen molar-refractivity contribution in [3.63, 3.8) is 0 Å². The molecular formula is C15H14Br2N2O. The second kappa shape index (κ2) is 5.84. The number of hydrogen-bond acceptors (Lipinski definition) is 2. The van der Waals surface area contributed by atoms with Crippen LogP contribution in [0.5, 0.6) is 0 Å². The van der Waals surface area contributed by atoms with Gasteiger partial charge in [-0.05, 0) is 37.4 Å². The van der Waals surface area contributed by atoms with Crippen LogP contribution in [-0.4, -0.2) is 17.0 Å². The minimum Gasteiger partial charge on any atom is -0.312 e. The Morgan fingerprint density at radius 2 is 2.00 bits per heavy atom. The molecule has 104 valence electrons. The predicted octanol–water partition coefficient (Wildman–Crippen LogP) is 3.54. The van der Waals surface area contributed by atoms with Gasteiger partial charge in [0.05, 0.1) is 10.9 Å². The van der Waals surface area contributed by atoms with E-state index in [1.165, 1.54) is 5.56 Å². The fourth-order valence-electron chi connectivity index (χ4n) is 2.57. The molecule has 0 amide bonds. The van der Waals surface area contributed by atoms with Gasteiger partial charge in [-0.2, -0.15) is 0 Å². The van der Waals surface area contributed by atoms with Crippen molar-refractivity contribution in [2.24, 2.45) is 0 Å². The molecule has 0 fully saturated rings. The normalized spacial score (nSPS) is 14.1. The molecule has 0 unspecified atom stereocenters. The van der Waals surface area contributed by atoms with Crippen LogP contribution in [0, 0.1) is 0 Å². The van der Waals surface area contributed by atoms with Crippen LogP contribution in [0.3, 0.4) is 0 Å². The molecule has 3 nitrogen and oxygen atoms in total. The van der Waals surface area contributed by atoms with Gasteiger partial charge in [0, 0.05) is 30.8 Å². The van der Waals surface area contributed by atoms with Gasteiger partial charge in [0.2, 0.25) is 5.91 Å². The lowest BCUT2D eigenvalue weighted by molar-refractivity contribution is 0.0908. The third kappa shape index (κ3) is 2.50. The lowest BCUT2D eigenvalue weighted by atomic mass is 10.1. The SMILES string of the molecule is O=C(Cc1ccccc1)n1c(Br)c(Br)c2c1CCNC2. The smallest absolute Gasteiger partial charge is 0.236 e. The highest BCUT2D eigenvalue weighted by molar-refractivity contribution is 9.13. The zero-order valence-electron chi connectivity index (χ0n) is 10.8. The van der Waals surface area contributed by atoms with E-state index in [-0.39, 0.29) is 5.91 Å². The molecule has 0 bridgehead atoms. The van der Waals surface area contributed by atoms with Crippen molar-refractivity contribution in [2.75, 3.05) is 6.54 Å². The van der Waals surface area contributed by atoms with Gasteiger partial charge < -0.3 is 5.32 Å². The van der Waals surface area contributed by atoms with E-state index >= 15 is 0 Å². The third-order valence-electron chi connectivity index (χ3n) is 3.55. The third-order valence-corrected chi connectivity index (χ3v) is 5.69. The molecule has 0 radical (unpaired) electrons. The first-order chi connectivity index (χ1) is 9.68. The molecule has 5 heteroatoms. The first-order valence-electron chi connectivity index (χ1n) is 6.53. The summed E-state index contributed by atoms with van der Waals surface area (Å²) in [6.45, 7) is 1.72. The standard InChI is InChI=1S/C15H14Br2N2O/c16-14-11-9-18-7-6-12(11)19(15(14)17)13(20)8-10-4-2-1-3-5-10/h1-5,18H,6-9H2. The highest BCUT2D eigenvalue weighted by atomic mass is 79.9. The number of carbonyl (C=O) groups excluding carboxylic acids is 1. The van der Waals surface area contributed by atoms with Crippen LogP contribution in [-0.2, 0) is 19.4 Å². The summed E-state index contributed by atoms with van der Waals surface area (Å²) >= 11 is 7.12. The van der Waals surface area contributed by atoms with E-state index in [1.54, 1.807) is 0 Å². The van der Waals surface area contributed by atoms with Gasteiger partial charge in [-0.15, -0.1) is 0 Å². The van der Waals surface area contributed by atoms with Crippen molar-refractivity contribution in [3.05, 3.63) is 56.2 Å². The number of hydrogen-bond donors (Lipinski definition) is 1. The van der Waals surface area contributed by atoms with Crippen LogP contribution >= 0.6 is 31.9 Å². The van der Waals surface area contributed by atoms with Gasteiger partial charge in [-0.25, -0.2) is 0 Å². The Bertz CT molecular complexity index is 650. The maximum absolute atomic E-state index is 12.6. The number of halogens is 2. The summed E-state index contributed by atoms with van der Waals surface area (Å²) in [7, 11) is 0. The van der Waals surface area contributed by atoms with Crippen molar-refractivity contribution >= 4 is 37.8 Å². The van der Waals surface area contributed by atoms with E-state index in [4.69, 9.17) is 0 Å². The average Bonchev–Trinajstić information content (AvgIpc) is 2.72. The van der Waals surface area contributed by atoms with Crippen LogP contribution in [0.15, 0.2) is 39.4 Å². The van der Waals surface area contributed by atoms with E-state index in [0.717, 1.165) is 39.8 Å². The van der Waals surface area contributed by atoms with Crippen molar-refractivity contribution in [3.8, 4) is 0 Å². The number of carbonyl (C=O) groups is 1. The molecule has 0 saturated carbocycles. The van der Waals surface area contributed by atoms with Crippen molar-refractivity contribution < 1.29 is 4.79 Å². The summed E-state index contributed by atoms with van der Waals surface area (Å²) in [6.07, 6.45) is 1.29. The van der Waals surface area contributed by atoms with Crippen molar-refractivity contribution in [2.45, 2.75) is 19.4 Å². The number of nitrogens with zero attached hydrogens (tertiary/aromatic N) is 1. The number of benzene rings is 1. The molecule has 20 heavy (non-hydrogen) atoms. The molecule has 1 aromatic heterocycles. The average molecular weight is 398 g/mol. The van der Waals surface area contributed by atoms with Crippen molar-refractivity contribution in [1.82, 2.24) is 9.88 Å². The van der Waals surface area contributed by atoms with Crippen LogP contribution in [0.4, 0.5) is 0 Å². The van der Waals surface area contributed by atoms with Crippen LogP contribution in [0.2, 0.25) is 0 Å². The first-order valence-corrected chi connectivity index (χ1v) is 8.12. The Morgan fingerprint density at radius 1 is 1.25 bits per heavy atom. The second-order valence-electron chi connectivity index (χ2n) is 4.85. The van der Waals surface area contributed by atoms with Crippen molar-refractivity contribution in [1.29, 1.82) is 0 Å². The van der Waals surface area contributed by atoms with E-state index < -0.39 is 0 Å². The van der Waals surface area contributed by atoms with E-state index in [2.05, 4.69) is 37.2 Å². The maximum atomic E-state index is 12.6. The Labute approximate surface area is 134 Å². The molecule has 0 atom stereocenters. The van der Waals surface area contributed by atoms with E-state index in [9.17, 15) is 4.79 Å². The van der Waals surface area contributed by atoms with Gasteiger partial charge in [-0.1, -0.05) is 30.3 Å². The largest absolute Gasteiger partial charge is 0.312 e. The maximum Gasteiger partial charge on any atom is 0.236 e. The molecule has 1 aromatic carbocycles. The lowest BCUT2D eigenvalue weighted by Crippen LogP contribution is -2.27. The molecule has 2 aromatic rings. The minimum atomic E-state index is 0.104. The highest BCUT2D eigenvalue weighted by Crippen LogP contribution is 2.34. The van der Waals surface area contributed by atoms with Gasteiger partial charge >= 0.3 is 0 Å². The van der Waals surface area contributed by atoms with Crippen LogP contribution in [0.1, 0.15) is 21.6 Å². The Morgan fingerprint density at radius 3 is 2.75 bits per heavy atom. The van der Waals surface area contributed by atoms with E-state index in [0.29, 0.717) is 6.42 Å². The molecular weight excluding hydrogens is 384 g/mol. The molecule has 2 heterocycles. The second-order valence-corrected chi connectivity index (χ2v) is 6.39. The zero-order valence-corrected chi connectivity index (χ0v) is 14.0. The summed E-state index contributed by atoms with van der Waals surface area (Å²) in [5, 5.41) is 3.34. The van der Waals surface area contributed by atoms with E-state index in [1.807, 2.05) is 34.9 Å².